The van der Waals surface area contributed by atoms with Crippen molar-refractivity contribution in [2.45, 2.75) is 32.1 Å². The molecule has 2 aliphatic heterocycles. The van der Waals surface area contributed by atoms with Gasteiger partial charge in [0.05, 0.1) is 5.41 Å². The Kier molecular flexibility index (Phi) is 7.45. The third kappa shape index (κ3) is 5.00. The van der Waals surface area contributed by atoms with Crippen molar-refractivity contribution in [3.8, 4) is 0 Å². The van der Waals surface area contributed by atoms with Crippen LogP contribution in [0.1, 0.15) is 29.5 Å². The van der Waals surface area contributed by atoms with E-state index in [0.717, 1.165) is 0 Å². The van der Waals surface area contributed by atoms with Gasteiger partial charge in [-0.3, -0.25) is 19.3 Å². The number of benzene rings is 2. The average Bonchev–Trinajstić information content (AvgIpc) is 3.09. The van der Waals surface area contributed by atoms with E-state index in [4.69, 9.17) is 0 Å². The molecule has 2 fully saturated rings. The van der Waals surface area contributed by atoms with Crippen LogP contribution in [0.2, 0.25) is 0 Å². The molecule has 36 heavy (non-hydrogen) atoms. The van der Waals surface area contributed by atoms with Crippen LogP contribution >= 0.6 is 0 Å². The Labute approximate surface area is 212 Å². The molecular formula is C28H35FN4O3. The molecule has 2 heterocycles. The molecule has 2 aromatic rings. The van der Waals surface area contributed by atoms with Crippen molar-refractivity contribution < 1.29 is 18.8 Å². The summed E-state index contributed by atoms with van der Waals surface area (Å²) in [6, 6.07) is 12.0. The normalized spacial score (nSPS) is 20.6. The zero-order valence-corrected chi connectivity index (χ0v) is 21.6. The van der Waals surface area contributed by atoms with Crippen molar-refractivity contribution in [3.05, 3.63) is 65.0 Å². The lowest BCUT2D eigenvalue weighted by Gasteiger charge is -2.38. The minimum atomic E-state index is -1.38. The van der Waals surface area contributed by atoms with Crippen LogP contribution in [0.25, 0.3) is 0 Å². The quantitative estimate of drug-likeness (QED) is 0.554. The lowest BCUT2D eigenvalue weighted by molar-refractivity contribution is -0.142. The molecule has 2 aromatic carbocycles. The SMILES string of the molecule is Cc1cccc(N2CCN(C(=O)C[C@]3(c4cccc(F)c4)CC(=O)N(CCN(C)C)C3=O)CC2)c1C. The number of imide groups is 1. The van der Waals surface area contributed by atoms with Crippen LogP contribution in [0.5, 0.6) is 0 Å². The van der Waals surface area contributed by atoms with E-state index in [9.17, 15) is 18.8 Å². The van der Waals surface area contributed by atoms with Gasteiger partial charge in [-0.25, -0.2) is 4.39 Å². The molecule has 8 heteroatoms. The predicted molar refractivity (Wildman–Crippen MR) is 137 cm³/mol. The summed E-state index contributed by atoms with van der Waals surface area (Å²) in [6.07, 6.45) is -0.278. The number of likely N-dealkylation sites (tertiary alicyclic amines) is 1. The number of carbonyl (C=O) groups is 3. The molecule has 0 bridgehead atoms. The summed E-state index contributed by atoms with van der Waals surface area (Å²) in [5, 5.41) is 0. The molecule has 0 spiro atoms. The molecule has 0 saturated carbocycles. The summed E-state index contributed by atoms with van der Waals surface area (Å²) in [5.74, 6) is -1.41. The number of likely N-dealkylation sites (N-methyl/N-ethyl adjacent to an activating group) is 1. The van der Waals surface area contributed by atoms with Crippen LogP contribution < -0.4 is 4.90 Å². The van der Waals surface area contributed by atoms with Crippen molar-refractivity contribution in [3.63, 3.8) is 0 Å². The van der Waals surface area contributed by atoms with Crippen LogP contribution in [-0.4, -0.2) is 85.8 Å². The Hall–Kier alpha value is -3.26. The molecule has 2 aliphatic rings. The first-order valence-electron chi connectivity index (χ1n) is 12.5. The van der Waals surface area contributed by atoms with Gasteiger partial charge >= 0.3 is 0 Å². The minimum Gasteiger partial charge on any atom is -0.368 e. The van der Waals surface area contributed by atoms with Crippen molar-refractivity contribution in [2.75, 3.05) is 58.3 Å². The molecule has 2 saturated heterocycles. The zero-order valence-electron chi connectivity index (χ0n) is 21.6. The summed E-state index contributed by atoms with van der Waals surface area (Å²) < 4.78 is 14.2. The molecule has 0 aromatic heterocycles. The van der Waals surface area contributed by atoms with Gasteiger partial charge in [-0.05, 0) is 62.8 Å². The first-order valence-corrected chi connectivity index (χ1v) is 12.5. The maximum Gasteiger partial charge on any atom is 0.240 e. The number of anilines is 1. The van der Waals surface area contributed by atoms with Gasteiger partial charge in [0.25, 0.3) is 0 Å². The fourth-order valence-corrected chi connectivity index (χ4v) is 5.22. The van der Waals surface area contributed by atoms with E-state index in [0.29, 0.717) is 38.3 Å². The van der Waals surface area contributed by atoms with Crippen LogP contribution in [0.15, 0.2) is 42.5 Å². The van der Waals surface area contributed by atoms with E-state index in [1.54, 1.807) is 11.0 Å². The molecule has 7 nitrogen and oxygen atoms in total. The molecule has 4 rings (SSSR count). The summed E-state index contributed by atoms with van der Waals surface area (Å²) in [4.78, 5) is 47.3. The Balaban J connectivity index is 1.53. The van der Waals surface area contributed by atoms with Crippen LogP contribution in [0, 0.1) is 19.7 Å². The van der Waals surface area contributed by atoms with E-state index in [1.165, 1.54) is 39.9 Å². The van der Waals surface area contributed by atoms with Crippen molar-refractivity contribution in [2.24, 2.45) is 0 Å². The van der Waals surface area contributed by atoms with Crippen molar-refractivity contribution >= 4 is 23.4 Å². The van der Waals surface area contributed by atoms with Gasteiger partial charge in [-0.1, -0.05) is 24.3 Å². The molecule has 192 valence electrons. The molecule has 3 amide bonds. The number of halogens is 1. The fraction of sp³-hybridized carbons (Fsp3) is 0.464. The first-order chi connectivity index (χ1) is 17.1. The maximum atomic E-state index is 14.2. The molecule has 0 aliphatic carbocycles. The second kappa shape index (κ2) is 10.4. The van der Waals surface area contributed by atoms with Crippen molar-refractivity contribution in [1.82, 2.24) is 14.7 Å². The minimum absolute atomic E-state index is 0.128. The smallest absolute Gasteiger partial charge is 0.240 e. The number of amides is 3. The predicted octanol–water partition coefficient (Wildman–Crippen LogP) is 2.74. The number of piperazine rings is 1. The average molecular weight is 495 g/mol. The number of rotatable bonds is 7. The molecule has 0 radical (unpaired) electrons. The maximum absolute atomic E-state index is 14.2. The lowest BCUT2D eigenvalue weighted by atomic mass is 9.75. The summed E-state index contributed by atoms with van der Waals surface area (Å²) in [6.45, 7) is 7.38. The van der Waals surface area contributed by atoms with Crippen LogP contribution in [-0.2, 0) is 19.8 Å². The van der Waals surface area contributed by atoms with Gasteiger partial charge in [0, 0.05) is 57.8 Å². The highest BCUT2D eigenvalue weighted by Gasteiger charge is 2.54. The highest BCUT2D eigenvalue weighted by molar-refractivity contribution is 6.10. The third-order valence-electron chi connectivity index (χ3n) is 7.56. The Morgan fingerprint density at radius 3 is 2.39 bits per heavy atom. The van der Waals surface area contributed by atoms with Gasteiger partial charge in [0.1, 0.15) is 5.82 Å². The number of aryl methyl sites for hydroxylation is 1. The van der Waals surface area contributed by atoms with E-state index in [2.05, 4.69) is 30.9 Å². The highest BCUT2D eigenvalue weighted by atomic mass is 19.1. The van der Waals surface area contributed by atoms with E-state index in [-0.39, 0.29) is 31.2 Å². The van der Waals surface area contributed by atoms with Gasteiger partial charge in [-0.2, -0.15) is 0 Å². The summed E-state index contributed by atoms with van der Waals surface area (Å²) >= 11 is 0. The van der Waals surface area contributed by atoms with E-state index in [1.807, 2.05) is 25.1 Å². The number of carbonyl (C=O) groups excluding carboxylic acids is 3. The van der Waals surface area contributed by atoms with Gasteiger partial charge in [0.15, 0.2) is 0 Å². The fourth-order valence-electron chi connectivity index (χ4n) is 5.22. The molecular weight excluding hydrogens is 459 g/mol. The Morgan fingerprint density at radius 1 is 1.03 bits per heavy atom. The van der Waals surface area contributed by atoms with E-state index < -0.39 is 17.1 Å². The van der Waals surface area contributed by atoms with Gasteiger partial charge < -0.3 is 14.7 Å². The standard InChI is InChI=1S/C28H35FN4O3/c1-20-7-5-10-24(21(20)2)31-12-14-32(15-13-31)25(34)18-28(22-8-6-9-23(29)17-22)19-26(35)33(27(28)36)16-11-30(3)4/h5-10,17H,11-16,18-19H2,1-4H3/t28-/m1/s1. The molecule has 1 atom stereocenters. The third-order valence-corrected chi connectivity index (χ3v) is 7.56. The summed E-state index contributed by atoms with van der Waals surface area (Å²) in [5.41, 5.74) is 2.64. The van der Waals surface area contributed by atoms with E-state index >= 15 is 0 Å². The lowest BCUT2D eigenvalue weighted by Crippen LogP contribution is -2.51. The first kappa shape index (κ1) is 25.8. The number of hydrogen-bond donors (Lipinski definition) is 0. The zero-order chi connectivity index (χ0) is 26.0. The number of hydrogen-bond acceptors (Lipinski definition) is 5. The van der Waals surface area contributed by atoms with Crippen molar-refractivity contribution in [1.29, 1.82) is 0 Å². The molecule has 0 unspecified atom stereocenters. The topological polar surface area (TPSA) is 64.2 Å². The van der Waals surface area contributed by atoms with Crippen LogP contribution in [0.3, 0.4) is 0 Å². The van der Waals surface area contributed by atoms with Gasteiger partial charge in [0.2, 0.25) is 17.7 Å². The Morgan fingerprint density at radius 2 is 1.72 bits per heavy atom. The van der Waals surface area contributed by atoms with Gasteiger partial charge in [-0.15, -0.1) is 0 Å². The highest BCUT2D eigenvalue weighted by Crippen LogP contribution is 2.40. The van der Waals surface area contributed by atoms with Crippen LogP contribution in [0.4, 0.5) is 10.1 Å². The summed E-state index contributed by atoms with van der Waals surface area (Å²) in [7, 11) is 3.73. The monoisotopic (exact) mass is 494 g/mol. The number of nitrogens with zero attached hydrogens (tertiary/aromatic N) is 4. The largest absolute Gasteiger partial charge is 0.368 e. The second-order valence-corrected chi connectivity index (χ2v) is 10.2. The Bertz CT molecular complexity index is 1160. The second-order valence-electron chi connectivity index (χ2n) is 10.2. The molecule has 0 N–H and O–H groups in total.